The Labute approximate surface area is 110 Å². The van der Waals surface area contributed by atoms with Gasteiger partial charge in [-0.3, -0.25) is 9.79 Å². The third-order valence-electron chi connectivity index (χ3n) is 2.77. The Kier molecular flexibility index (Phi) is 4.62. The lowest BCUT2D eigenvalue weighted by atomic mass is 10.1. The molecule has 2 aliphatic rings. The molecule has 0 aromatic carbocycles. The number of thioether (sulfide) groups is 2. The fourth-order valence-corrected chi connectivity index (χ4v) is 5.14. The van der Waals surface area contributed by atoms with Crippen LogP contribution in [-0.4, -0.2) is 40.2 Å². The largest absolute Gasteiger partial charge is 0.465 e. The summed E-state index contributed by atoms with van der Waals surface area (Å²) in [6.07, 6.45) is 2.24. The van der Waals surface area contributed by atoms with E-state index in [1.54, 1.807) is 0 Å². The van der Waals surface area contributed by atoms with Crippen molar-refractivity contribution in [3.05, 3.63) is 0 Å². The van der Waals surface area contributed by atoms with Crippen molar-refractivity contribution in [3.63, 3.8) is 0 Å². The number of aliphatic imine (C=N–C) groups is 1. The second-order valence-electron chi connectivity index (χ2n) is 4.15. The SMILES string of the molecule is CCN=C1N[C@@H]2CC[C@H](COC(C)=O)S[C@@H]2S1. The van der Waals surface area contributed by atoms with Crippen molar-refractivity contribution in [1.29, 1.82) is 0 Å². The average Bonchev–Trinajstić information content (AvgIpc) is 2.68. The molecule has 0 radical (unpaired) electrons. The standard InChI is InChI=1S/C11H18N2O2S2/c1-3-12-11-13-9-5-4-8(6-15-7(2)14)16-10(9)17-11/h8-10H,3-6H2,1-2H3,(H,12,13)/t8-,9-,10-/m1/s1. The maximum atomic E-state index is 10.8. The van der Waals surface area contributed by atoms with E-state index < -0.39 is 0 Å². The maximum Gasteiger partial charge on any atom is 0.302 e. The second kappa shape index (κ2) is 6.00. The Balaban J connectivity index is 1.83. The highest BCUT2D eigenvalue weighted by Crippen LogP contribution is 2.42. The topological polar surface area (TPSA) is 50.7 Å². The molecule has 2 rings (SSSR count). The molecule has 0 aromatic rings. The summed E-state index contributed by atoms with van der Waals surface area (Å²) in [5.41, 5.74) is 0. The van der Waals surface area contributed by atoms with Crippen LogP contribution in [0.25, 0.3) is 0 Å². The first-order chi connectivity index (χ1) is 8.19. The highest BCUT2D eigenvalue weighted by atomic mass is 32.2. The van der Waals surface area contributed by atoms with Crippen LogP contribution in [0.1, 0.15) is 26.7 Å². The number of carbonyl (C=O) groups excluding carboxylic acids is 1. The lowest BCUT2D eigenvalue weighted by Gasteiger charge is -2.29. The molecule has 2 aliphatic heterocycles. The summed E-state index contributed by atoms with van der Waals surface area (Å²) < 4.78 is 5.61. The Bertz CT molecular complexity index is 323. The molecule has 6 heteroatoms. The van der Waals surface area contributed by atoms with E-state index >= 15 is 0 Å². The van der Waals surface area contributed by atoms with Gasteiger partial charge in [0.15, 0.2) is 5.17 Å². The van der Waals surface area contributed by atoms with Gasteiger partial charge in [-0.1, -0.05) is 11.8 Å². The quantitative estimate of drug-likeness (QED) is 0.796. The Morgan fingerprint density at radius 3 is 3.12 bits per heavy atom. The highest BCUT2D eigenvalue weighted by molar-refractivity contribution is 8.25. The zero-order valence-corrected chi connectivity index (χ0v) is 11.8. The van der Waals surface area contributed by atoms with Gasteiger partial charge in [0.05, 0.1) is 4.58 Å². The van der Waals surface area contributed by atoms with E-state index in [0.717, 1.165) is 24.6 Å². The number of carbonyl (C=O) groups is 1. The summed E-state index contributed by atoms with van der Waals surface area (Å²) in [7, 11) is 0. The van der Waals surface area contributed by atoms with E-state index in [4.69, 9.17) is 4.74 Å². The van der Waals surface area contributed by atoms with Gasteiger partial charge in [0.2, 0.25) is 0 Å². The van der Waals surface area contributed by atoms with Crippen molar-refractivity contribution >= 4 is 34.7 Å². The molecule has 4 nitrogen and oxygen atoms in total. The molecule has 0 saturated carbocycles. The first kappa shape index (κ1) is 13.1. The van der Waals surface area contributed by atoms with E-state index in [9.17, 15) is 4.79 Å². The molecular formula is C11H18N2O2S2. The van der Waals surface area contributed by atoms with Crippen molar-refractivity contribution in [1.82, 2.24) is 5.32 Å². The first-order valence-electron chi connectivity index (χ1n) is 5.95. The molecule has 2 saturated heterocycles. The van der Waals surface area contributed by atoms with Gasteiger partial charge in [0.1, 0.15) is 6.61 Å². The van der Waals surface area contributed by atoms with Gasteiger partial charge in [-0.05, 0) is 19.8 Å². The Morgan fingerprint density at radius 2 is 2.41 bits per heavy atom. The molecule has 17 heavy (non-hydrogen) atoms. The third-order valence-corrected chi connectivity index (χ3v) is 5.77. The lowest BCUT2D eigenvalue weighted by Crippen LogP contribution is -2.36. The number of hydrogen-bond donors (Lipinski definition) is 1. The minimum Gasteiger partial charge on any atom is -0.465 e. The van der Waals surface area contributed by atoms with E-state index in [0.29, 0.717) is 22.5 Å². The van der Waals surface area contributed by atoms with Crippen molar-refractivity contribution in [2.45, 2.75) is 42.6 Å². The van der Waals surface area contributed by atoms with Crippen LogP contribution in [0.5, 0.6) is 0 Å². The van der Waals surface area contributed by atoms with Crippen LogP contribution < -0.4 is 5.32 Å². The van der Waals surface area contributed by atoms with E-state index in [-0.39, 0.29) is 5.97 Å². The first-order valence-corrected chi connectivity index (χ1v) is 7.77. The summed E-state index contributed by atoms with van der Waals surface area (Å²) in [4.78, 5) is 15.2. The van der Waals surface area contributed by atoms with Crippen LogP contribution in [0.2, 0.25) is 0 Å². The monoisotopic (exact) mass is 274 g/mol. The summed E-state index contributed by atoms with van der Waals surface area (Å²) in [6, 6.07) is 0.531. The summed E-state index contributed by atoms with van der Waals surface area (Å²) >= 11 is 3.73. The number of esters is 1. The number of rotatable bonds is 3. The average molecular weight is 274 g/mol. The molecule has 0 aliphatic carbocycles. The van der Waals surface area contributed by atoms with Crippen LogP contribution in [0, 0.1) is 0 Å². The van der Waals surface area contributed by atoms with Crippen LogP contribution in [-0.2, 0) is 9.53 Å². The third kappa shape index (κ3) is 3.55. The van der Waals surface area contributed by atoms with Gasteiger partial charge in [0.25, 0.3) is 0 Å². The molecule has 0 aromatic heterocycles. The number of nitrogens with one attached hydrogen (secondary N) is 1. The Hall–Kier alpha value is -0.360. The molecule has 0 amide bonds. The van der Waals surface area contributed by atoms with Crippen molar-refractivity contribution in [3.8, 4) is 0 Å². The van der Waals surface area contributed by atoms with Gasteiger partial charge in [-0.15, -0.1) is 11.8 Å². The second-order valence-corrected chi connectivity index (χ2v) is 7.03. The van der Waals surface area contributed by atoms with Crippen LogP contribution in [0.3, 0.4) is 0 Å². The summed E-state index contributed by atoms with van der Waals surface area (Å²) in [5.74, 6) is -0.182. The molecule has 0 bridgehead atoms. The molecule has 3 atom stereocenters. The zero-order valence-electron chi connectivity index (χ0n) is 10.1. The number of amidine groups is 1. The number of fused-ring (bicyclic) bond motifs is 1. The van der Waals surface area contributed by atoms with Gasteiger partial charge >= 0.3 is 5.97 Å². The maximum absolute atomic E-state index is 10.8. The number of nitrogens with zero attached hydrogens (tertiary/aromatic N) is 1. The van der Waals surface area contributed by atoms with E-state index in [2.05, 4.69) is 10.3 Å². The van der Waals surface area contributed by atoms with Crippen molar-refractivity contribution < 1.29 is 9.53 Å². The van der Waals surface area contributed by atoms with Gasteiger partial charge in [0, 0.05) is 24.8 Å². The minimum absolute atomic E-state index is 0.182. The zero-order chi connectivity index (χ0) is 12.3. The predicted octanol–water partition coefficient (Wildman–Crippen LogP) is 1.85. The van der Waals surface area contributed by atoms with E-state index in [1.807, 2.05) is 30.4 Å². The normalized spacial score (nSPS) is 34.2. The van der Waals surface area contributed by atoms with Gasteiger partial charge in [-0.25, -0.2) is 0 Å². The predicted molar refractivity (Wildman–Crippen MR) is 73.5 cm³/mol. The molecule has 1 N–H and O–H groups in total. The lowest BCUT2D eigenvalue weighted by molar-refractivity contribution is -0.140. The smallest absolute Gasteiger partial charge is 0.302 e. The fraction of sp³-hybridized carbons (Fsp3) is 0.818. The van der Waals surface area contributed by atoms with Crippen molar-refractivity contribution in [2.24, 2.45) is 4.99 Å². The van der Waals surface area contributed by atoms with Crippen LogP contribution >= 0.6 is 23.5 Å². The molecule has 2 heterocycles. The fourth-order valence-electron chi connectivity index (χ4n) is 1.97. The van der Waals surface area contributed by atoms with Crippen LogP contribution in [0.15, 0.2) is 4.99 Å². The van der Waals surface area contributed by atoms with Gasteiger partial charge in [-0.2, -0.15) is 0 Å². The van der Waals surface area contributed by atoms with E-state index in [1.165, 1.54) is 6.92 Å². The summed E-state index contributed by atoms with van der Waals surface area (Å²) in [6.45, 7) is 4.89. The molecular weight excluding hydrogens is 256 g/mol. The molecule has 0 unspecified atom stereocenters. The van der Waals surface area contributed by atoms with Gasteiger partial charge < -0.3 is 10.1 Å². The highest BCUT2D eigenvalue weighted by Gasteiger charge is 2.38. The minimum atomic E-state index is -0.182. The molecule has 2 fully saturated rings. The van der Waals surface area contributed by atoms with Crippen LogP contribution in [0.4, 0.5) is 0 Å². The number of hydrogen-bond acceptors (Lipinski definition) is 5. The summed E-state index contributed by atoms with van der Waals surface area (Å²) in [5, 5.41) is 4.98. The Morgan fingerprint density at radius 1 is 1.59 bits per heavy atom. The molecule has 0 spiro atoms. The molecule has 96 valence electrons. The number of ether oxygens (including phenoxy) is 1. The van der Waals surface area contributed by atoms with Crippen molar-refractivity contribution in [2.75, 3.05) is 13.2 Å².